The van der Waals surface area contributed by atoms with Crippen molar-refractivity contribution in [3.63, 3.8) is 0 Å². The summed E-state index contributed by atoms with van der Waals surface area (Å²) < 4.78 is 11.0. The average molecular weight is 420 g/mol. The molecule has 3 aromatic carbocycles. The SMILES string of the molecule is COc1ccc(-c2cc([N+](=O)[O-])ccc2OCC(=O)N(C)[C@@H](C)c2ccccc2)cc1. The third kappa shape index (κ3) is 5.19. The van der Waals surface area contributed by atoms with E-state index in [0.29, 0.717) is 17.1 Å². The fraction of sp³-hybridized carbons (Fsp3) is 0.208. The summed E-state index contributed by atoms with van der Waals surface area (Å²) in [6.45, 7) is 1.76. The van der Waals surface area contributed by atoms with Crippen molar-refractivity contribution in [2.24, 2.45) is 0 Å². The molecule has 0 aliphatic heterocycles. The van der Waals surface area contributed by atoms with Gasteiger partial charge in [-0.1, -0.05) is 42.5 Å². The summed E-state index contributed by atoms with van der Waals surface area (Å²) in [6.07, 6.45) is 0. The molecule has 0 radical (unpaired) electrons. The Kier molecular flexibility index (Phi) is 6.87. The smallest absolute Gasteiger partial charge is 0.270 e. The number of ether oxygens (including phenoxy) is 2. The van der Waals surface area contributed by atoms with E-state index in [1.54, 1.807) is 43.3 Å². The number of carbonyl (C=O) groups excluding carboxylic acids is 1. The molecule has 0 N–H and O–H groups in total. The fourth-order valence-electron chi connectivity index (χ4n) is 3.17. The molecule has 1 amide bonds. The molecular formula is C24H24N2O5. The molecule has 3 rings (SSSR count). The summed E-state index contributed by atoms with van der Waals surface area (Å²) in [6, 6.07) is 21.0. The van der Waals surface area contributed by atoms with Crippen LogP contribution in [0.2, 0.25) is 0 Å². The Labute approximate surface area is 181 Å². The monoisotopic (exact) mass is 420 g/mol. The first-order chi connectivity index (χ1) is 14.9. The summed E-state index contributed by atoms with van der Waals surface area (Å²) in [5.74, 6) is 0.864. The normalized spacial score (nSPS) is 11.5. The standard InChI is InChI=1S/C24H24N2O5/c1-17(18-7-5-4-6-8-18)25(2)24(27)16-31-23-14-11-20(26(28)29)15-22(23)19-9-12-21(30-3)13-10-19/h4-15,17H,16H2,1-3H3/t17-/m0/s1. The van der Waals surface area contributed by atoms with Crippen LogP contribution >= 0.6 is 0 Å². The van der Waals surface area contributed by atoms with E-state index in [0.717, 1.165) is 11.1 Å². The molecule has 7 heteroatoms. The highest BCUT2D eigenvalue weighted by Crippen LogP contribution is 2.34. The maximum Gasteiger partial charge on any atom is 0.270 e. The molecule has 0 aliphatic carbocycles. The van der Waals surface area contributed by atoms with Gasteiger partial charge in [-0.2, -0.15) is 0 Å². The zero-order valence-corrected chi connectivity index (χ0v) is 17.6. The van der Waals surface area contributed by atoms with E-state index in [1.807, 2.05) is 37.3 Å². The number of likely N-dealkylation sites (N-methyl/N-ethyl adjacent to an activating group) is 1. The number of hydrogen-bond acceptors (Lipinski definition) is 5. The molecule has 0 saturated carbocycles. The number of amides is 1. The quantitative estimate of drug-likeness (QED) is 0.384. The molecule has 0 bridgehead atoms. The molecule has 0 heterocycles. The Hall–Kier alpha value is -3.87. The van der Waals surface area contributed by atoms with Gasteiger partial charge in [-0.15, -0.1) is 0 Å². The molecular weight excluding hydrogens is 396 g/mol. The van der Waals surface area contributed by atoms with Crippen LogP contribution in [0.1, 0.15) is 18.5 Å². The predicted octanol–water partition coefficient (Wildman–Crippen LogP) is 4.87. The minimum Gasteiger partial charge on any atom is -0.497 e. The van der Waals surface area contributed by atoms with Gasteiger partial charge in [-0.25, -0.2) is 0 Å². The highest BCUT2D eigenvalue weighted by atomic mass is 16.6. The van der Waals surface area contributed by atoms with Crippen molar-refractivity contribution in [3.8, 4) is 22.6 Å². The lowest BCUT2D eigenvalue weighted by Crippen LogP contribution is -2.33. The van der Waals surface area contributed by atoms with Gasteiger partial charge in [0, 0.05) is 24.7 Å². The van der Waals surface area contributed by atoms with Gasteiger partial charge in [-0.3, -0.25) is 14.9 Å². The molecule has 0 unspecified atom stereocenters. The lowest BCUT2D eigenvalue weighted by molar-refractivity contribution is -0.384. The first-order valence-electron chi connectivity index (χ1n) is 9.77. The van der Waals surface area contributed by atoms with Crippen molar-refractivity contribution >= 4 is 11.6 Å². The number of hydrogen-bond donors (Lipinski definition) is 0. The van der Waals surface area contributed by atoms with E-state index in [2.05, 4.69) is 0 Å². The highest BCUT2D eigenvalue weighted by Gasteiger charge is 2.19. The molecule has 0 aromatic heterocycles. The van der Waals surface area contributed by atoms with Crippen molar-refractivity contribution in [2.75, 3.05) is 20.8 Å². The minimum atomic E-state index is -0.461. The predicted molar refractivity (Wildman–Crippen MR) is 118 cm³/mol. The van der Waals surface area contributed by atoms with E-state index < -0.39 is 4.92 Å². The van der Waals surface area contributed by atoms with Gasteiger partial charge in [0.1, 0.15) is 11.5 Å². The highest BCUT2D eigenvalue weighted by molar-refractivity contribution is 5.79. The number of benzene rings is 3. The van der Waals surface area contributed by atoms with E-state index in [-0.39, 0.29) is 24.2 Å². The molecule has 0 saturated heterocycles. The van der Waals surface area contributed by atoms with Crippen molar-refractivity contribution in [3.05, 3.63) is 88.5 Å². The van der Waals surface area contributed by atoms with Gasteiger partial charge < -0.3 is 14.4 Å². The second-order valence-electron chi connectivity index (χ2n) is 7.05. The molecule has 7 nitrogen and oxygen atoms in total. The van der Waals surface area contributed by atoms with Gasteiger partial charge in [0.05, 0.1) is 18.1 Å². The lowest BCUT2D eigenvalue weighted by atomic mass is 10.0. The number of nitro groups is 1. The first kappa shape index (κ1) is 21.8. The molecule has 0 aliphatic rings. The second kappa shape index (κ2) is 9.75. The topological polar surface area (TPSA) is 81.9 Å². The Morgan fingerprint density at radius 1 is 1.06 bits per heavy atom. The zero-order valence-electron chi connectivity index (χ0n) is 17.6. The van der Waals surface area contributed by atoms with E-state index in [9.17, 15) is 14.9 Å². The summed E-state index contributed by atoms with van der Waals surface area (Å²) in [7, 11) is 3.29. The Balaban J connectivity index is 1.80. The van der Waals surface area contributed by atoms with E-state index in [4.69, 9.17) is 9.47 Å². The van der Waals surface area contributed by atoms with E-state index in [1.165, 1.54) is 18.2 Å². The first-order valence-corrected chi connectivity index (χ1v) is 9.77. The molecule has 31 heavy (non-hydrogen) atoms. The molecule has 3 aromatic rings. The van der Waals surface area contributed by atoms with Crippen molar-refractivity contribution in [2.45, 2.75) is 13.0 Å². The van der Waals surface area contributed by atoms with Crippen LogP contribution in [0.5, 0.6) is 11.5 Å². The largest absolute Gasteiger partial charge is 0.497 e. The second-order valence-corrected chi connectivity index (χ2v) is 7.05. The van der Waals surface area contributed by atoms with Crippen molar-refractivity contribution in [1.82, 2.24) is 4.90 Å². The Bertz CT molecular complexity index is 1050. The van der Waals surface area contributed by atoms with Crippen LogP contribution < -0.4 is 9.47 Å². The van der Waals surface area contributed by atoms with Crippen LogP contribution in [-0.2, 0) is 4.79 Å². The van der Waals surface area contributed by atoms with Crippen LogP contribution in [0.25, 0.3) is 11.1 Å². The summed E-state index contributed by atoms with van der Waals surface area (Å²) in [4.78, 5) is 25.1. The lowest BCUT2D eigenvalue weighted by Gasteiger charge is -2.25. The minimum absolute atomic E-state index is 0.0562. The zero-order chi connectivity index (χ0) is 22.4. The van der Waals surface area contributed by atoms with Gasteiger partial charge in [0.2, 0.25) is 0 Å². The number of methoxy groups -OCH3 is 1. The fourth-order valence-corrected chi connectivity index (χ4v) is 3.17. The van der Waals surface area contributed by atoms with Crippen LogP contribution in [0.4, 0.5) is 5.69 Å². The van der Waals surface area contributed by atoms with Crippen LogP contribution in [0, 0.1) is 10.1 Å². The maximum atomic E-state index is 12.7. The van der Waals surface area contributed by atoms with Crippen LogP contribution in [0.3, 0.4) is 0 Å². The Morgan fingerprint density at radius 3 is 2.35 bits per heavy atom. The number of carbonyl (C=O) groups is 1. The molecule has 0 fully saturated rings. The number of nitro benzene ring substituents is 1. The summed E-state index contributed by atoms with van der Waals surface area (Å²) >= 11 is 0. The molecule has 160 valence electrons. The molecule has 0 spiro atoms. The number of rotatable bonds is 8. The van der Waals surface area contributed by atoms with E-state index >= 15 is 0 Å². The summed E-state index contributed by atoms with van der Waals surface area (Å²) in [5.41, 5.74) is 2.22. The van der Waals surface area contributed by atoms with Crippen molar-refractivity contribution < 1.29 is 19.2 Å². The van der Waals surface area contributed by atoms with Crippen LogP contribution in [-0.4, -0.2) is 36.5 Å². The Morgan fingerprint density at radius 2 is 1.74 bits per heavy atom. The van der Waals surface area contributed by atoms with Crippen molar-refractivity contribution in [1.29, 1.82) is 0 Å². The number of nitrogens with zero attached hydrogens (tertiary/aromatic N) is 2. The average Bonchev–Trinajstić information content (AvgIpc) is 2.82. The van der Waals surface area contributed by atoms with Gasteiger partial charge in [0.15, 0.2) is 6.61 Å². The van der Waals surface area contributed by atoms with Gasteiger partial charge in [-0.05, 0) is 36.2 Å². The van der Waals surface area contributed by atoms with Gasteiger partial charge >= 0.3 is 0 Å². The third-order valence-electron chi connectivity index (χ3n) is 5.18. The third-order valence-corrected chi connectivity index (χ3v) is 5.18. The number of non-ortho nitro benzene ring substituents is 1. The van der Waals surface area contributed by atoms with Crippen LogP contribution in [0.15, 0.2) is 72.8 Å². The maximum absolute atomic E-state index is 12.7. The molecule has 1 atom stereocenters. The summed E-state index contributed by atoms with van der Waals surface area (Å²) in [5, 5.41) is 11.2. The van der Waals surface area contributed by atoms with Gasteiger partial charge in [0.25, 0.3) is 11.6 Å².